The first-order valence-corrected chi connectivity index (χ1v) is 6.27. The van der Waals surface area contributed by atoms with Crippen molar-refractivity contribution in [2.24, 2.45) is 0 Å². The second-order valence-corrected chi connectivity index (χ2v) is 4.59. The normalized spacial score (nSPS) is 11.2. The zero-order valence-electron chi connectivity index (χ0n) is 11.4. The predicted octanol–water partition coefficient (Wildman–Crippen LogP) is 3.35. The van der Waals surface area contributed by atoms with E-state index in [0.29, 0.717) is 11.5 Å². The van der Waals surface area contributed by atoms with E-state index in [1.165, 1.54) is 6.08 Å². The number of hydrogen-bond donors (Lipinski definition) is 1. The summed E-state index contributed by atoms with van der Waals surface area (Å²) in [5, 5.41) is 12.7. The van der Waals surface area contributed by atoms with Crippen LogP contribution in [-0.2, 0) is 4.79 Å². The summed E-state index contributed by atoms with van der Waals surface area (Å²) in [6, 6.07) is 7.45. The Bertz CT molecular complexity index is 612. The average Bonchev–Trinajstić information content (AvgIpc) is 2.86. The SMILES string of the molecule is CC(C)n1cc(Oc2ccc(/C=C/C(=O)O)cc2)cn1. The summed E-state index contributed by atoms with van der Waals surface area (Å²) in [7, 11) is 0. The van der Waals surface area contributed by atoms with Crippen molar-refractivity contribution in [3.63, 3.8) is 0 Å². The molecule has 0 spiro atoms. The van der Waals surface area contributed by atoms with Crippen LogP contribution in [0.25, 0.3) is 6.08 Å². The van der Waals surface area contributed by atoms with Gasteiger partial charge in [0.15, 0.2) is 5.75 Å². The molecule has 0 unspecified atom stereocenters. The Kier molecular flexibility index (Phi) is 4.20. The fourth-order valence-electron chi connectivity index (χ4n) is 1.61. The van der Waals surface area contributed by atoms with Gasteiger partial charge in [0.25, 0.3) is 0 Å². The van der Waals surface area contributed by atoms with Crippen LogP contribution in [0.2, 0.25) is 0 Å². The van der Waals surface area contributed by atoms with Gasteiger partial charge in [0, 0.05) is 12.1 Å². The highest BCUT2D eigenvalue weighted by atomic mass is 16.5. The molecule has 1 N–H and O–H groups in total. The number of rotatable bonds is 5. The van der Waals surface area contributed by atoms with E-state index < -0.39 is 5.97 Å². The third-order valence-electron chi connectivity index (χ3n) is 2.64. The van der Waals surface area contributed by atoms with Gasteiger partial charge in [-0.3, -0.25) is 4.68 Å². The first-order valence-electron chi connectivity index (χ1n) is 6.27. The van der Waals surface area contributed by atoms with Crippen molar-refractivity contribution >= 4 is 12.0 Å². The number of ether oxygens (including phenoxy) is 1. The molecule has 0 aliphatic heterocycles. The molecular formula is C15H16N2O3. The lowest BCUT2D eigenvalue weighted by Crippen LogP contribution is -1.99. The van der Waals surface area contributed by atoms with Crippen LogP contribution in [0.5, 0.6) is 11.5 Å². The number of carboxylic acid groups (broad SMARTS) is 1. The molecule has 2 aromatic rings. The van der Waals surface area contributed by atoms with Gasteiger partial charge in [0.2, 0.25) is 0 Å². The predicted molar refractivity (Wildman–Crippen MR) is 75.8 cm³/mol. The number of aromatic nitrogens is 2. The summed E-state index contributed by atoms with van der Waals surface area (Å²) in [5.74, 6) is 0.389. The van der Waals surface area contributed by atoms with Crippen LogP contribution in [-0.4, -0.2) is 20.9 Å². The number of benzene rings is 1. The third-order valence-corrected chi connectivity index (χ3v) is 2.64. The molecule has 0 bridgehead atoms. The lowest BCUT2D eigenvalue weighted by atomic mass is 10.2. The van der Waals surface area contributed by atoms with Crippen LogP contribution in [0, 0.1) is 0 Å². The molecule has 0 atom stereocenters. The molecular weight excluding hydrogens is 256 g/mol. The Hall–Kier alpha value is -2.56. The van der Waals surface area contributed by atoms with Gasteiger partial charge in [-0.1, -0.05) is 12.1 Å². The molecule has 5 nitrogen and oxygen atoms in total. The Balaban J connectivity index is 2.04. The van der Waals surface area contributed by atoms with E-state index in [9.17, 15) is 4.79 Å². The molecule has 20 heavy (non-hydrogen) atoms. The van der Waals surface area contributed by atoms with Crippen molar-refractivity contribution < 1.29 is 14.6 Å². The van der Waals surface area contributed by atoms with Crippen molar-refractivity contribution in [3.8, 4) is 11.5 Å². The number of nitrogens with zero attached hydrogens (tertiary/aromatic N) is 2. The fourth-order valence-corrected chi connectivity index (χ4v) is 1.61. The Morgan fingerprint density at radius 2 is 2.00 bits per heavy atom. The van der Waals surface area contributed by atoms with Crippen molar-refractivity contribution in [1.82, 2.24) is 9.78 Å². The van der Waals surface area contributed by atoms with Crippen molar-refractivity contribution in [2.75, 3.05) is 0 Å². The molecule has 0 aliphatic carbocycles. The molecule has 104 valence electrons. The molecule has 0 saturated carbocycles. The number of hydrogen-bond acceptors (Lipinski definition) is 3. The first kappa shape index (κ1) is 13.9. The molecule has 0 saturated heterocycles. The standard InChI is InChI=1S/C15H16N2O3/c1-11(2)17-10-14(9-16-17)20-13-6-3-12(4-7-13)5-8-15(18)19/h3-11H,1-2H3,(H,18,19)/b8-5+. The van der Waals surface area contributed by atoms with Gasteiger partial charge in [-0.2, -0.15) is 5.10 Å². The average molecular weight is 272 g/mol. The third kappa shape index (κ3) is 3.71. The summed E-state index contributed by atoms with van der Waals surface area (Å²) in [6.07, 6.45) is 6.13. The van der Waals surface area contributed by atoms with E-state index in [1.807, 2.05) is 24.7 Å². The summed E-state index contributed by atoms with van der Waals surface area (Å²) >= 11 is 0. The first-order chi connectivity index (χ1) is 9.54. The largest absolute Gasteiger partial charge is 0.478 e. The molecule has 1 heterocycles. The minimum atomic E-state index is -0.966. The monoisotopic (exact) mass is 272 g/mol. The summed E-state index contributed by atoms with van der Waals surface area (Å²) < 4.78 is 7.48. The second-order valence-electron chi connectivity index (χ2n) is 4.59. The van der Waals surface area contributed by atoms with Crippen LogP contribution in [0.4, 0.5) is 0 Å². The van der Waals surface area contributed by atoms with Gasteiger partial charge in [-0.25, -0.2) is 4.79 Å². The van der Waals surface area contributed by atoms with Gasteiger partial charge in [0.05, 0.1) is 12.4 Å². The van der Waals surface area contributed by atoms with E-state index in [4.69, 9.17) is 9.84 Å². The number of aliphatic carboxylic acids is 1. The minimum Gasteiger partial charge on any atom is -0.478 e. The zero-order valence-corrected chi connectivity index (χ0v) is 11.4. The van der Waals surface area contributed by atoms with Gasteiger partial charge in [-0.15, -0.1) is 0 Å². The van der Waals surface area contributed by atoms with Gasteiger partial charge < -0.3 is 9.84 Å². The van der Waals surface area contributed by atoms with Crippen LogP contribution in [0.15, 0.2) is 42.7 Å². The van der Waals surface area contributed by atoms with E-state index in [-0.39, 0.29) is 6.04 Å². The fraction of sp³-hybridized carbons (Fsp3) is 0.200. The van der Waals surface area contributed by atoms with Crippen LogP contribution in [0.3, 0.4) is 0 Å². The molecule has 0 fully saturated rings. The van der Waals surface area contributed by atoms with Crippen LogP contribution >= 0.6 is 0 Å². The molecule has 1 aromatic carbocycles. The van der Waals surface area contributed by atoms with Gasteiger partial charge >= 0.3 is 5.97 Å². The molecule has 0 amide bonds. The van der Waals surface area contributed by atoms with E-state index in [2.05, 4.69) is 5.10 Å². The maximum Gasteiger partial charge on any atom is 0.328 e. The number of carbonyl (C=O) groups is 1. The maximum absolute atomic E-state index is 10.4. The lowest BCUT2D eigenvalue weighted by molar-refractivity contribution is -0.131. The molecule has 1 aromatic heterocycles. The molecule has 2 rings (SSSR count). The molecule has 5 heteroatoms. The van der Waals surface area contributed by atoms with Crippen molar-refractivity contribution in [1.29, 1.82) is 0 Å². The van der Waals surface area contributed by atoms with Crippen LogP contribution in [0.1, 0.15) is 25.5 Å². The van der Waals surface area contributed by atoms with E-state index >= 15 is 0 Å². The van der Waals surface area contributed by atoms with Crippen molar-refractivity contribution in [3.05, 3.63) is 48.3 Å². The highest BCUT2D eigenvalue weighted by Crippen LogP contribution is 2.22. The Labute approximate surface area is 117 Å². The molecule has 0 aliphatic rings. The van der Waals surface area contributed by atoms with Crippen LogP contribution < -0.4 is 4.74 Å². The maximum atomic E-state index is 10.4. The van der Waals surface area contributed by atoms with Crippen molar-refractivity contribution in [2.45, 2.75) is 19.9 Å². The van der Waals surface area contributed by atoms with E-state index in [0.717, 1.165) is 11.6 Å². The zero-order chi connectivity index (χ0) is 14.5. The highest BCUT2D eigenvalue weighted by molar-refractivity contribution is 5.85. The summed E-state index contributed by atoms with van der Waals surface area (Å²) in [6.45, 7) is 4.08. The summed E-state index contributed by atoms with van der Waals surface area (Å²) in [4.78, 5) is 10.4. The lowest BCUT2D eigenvalue weighted by Gasteiger charge is -2.04. The van der Waals surface area contributed by atoms with E-state index in [1.54, 1.807) is 30.5 Å². The summed E-state index contributed by atoms with van der Waals surface area (Å²) in [5.41, 5.74) is 0.803. The number of carboxylic acids is 1. The van der Waals surface area contributed by atoms with Gasteiger partial charge in [-0.05, 0) is 37.6 Å². The Morgan fingerprint density at radius 3 is 2.55 bits per heavy atom. The quantitative estimate of drug-likeness (QED) is 0.848. The van der Waals surface area contributed by atoms with Gasteiger partial charge in [0.1, 0.15) is 5.75 Å². The highest BCUT2D eigenvalue weighted by Gasteiger charge is 2.03. The minimum absolute atomic E-state index is 0.288. The Morgan fingerprint density at radius 1 is 1.30 bits per heavy atom. The smallest absolute Gasteiger partial charge is 0.328 e. The molecule has 0 radical (unpaired) electrons. The second kappa shape index (κ2) is 6.06. The topological polar surface area (TPSA) is 64.3 Å².